The molecule has 0 saturated carbocycles. The zero-order valence-electron chi connectivity index (χ0n) is 12.3. The Hall–Kier alpha value is -0.730. The third kappa shape index (κ3) is 17.3. The number of carboxylic acid groups (broad SMARTS) is 1. The van der Waals surface area contributed by atoms with Gasteiger partial charge in [0.15, 0.2) is 0 Å². The molecule has 0 aliphatic heterocycles. The van der Waals surface area contributed by atoms with Crippen LogP contribution in [0.4, 0.5) is 0 Å². The second kappa shape index (κ2) is 16.3. The van der Waals surface area contributed by atoms with Crippen molar-refractivity contribution >= 4 is 5.97 Å². The summed E-state index contributed by atoms with van der Waals surface area (Å²) in [5.74, 6) is -0.780. The average Bonchev–Trinajstić information content (AvgIpc) is 2.43. The Morgan fingerprint density at radius 3 is 2.00 bits per heavy atom. The molecule has 7 heteroatoms. The van der Waals surface area contributed by atoms with E-state index in [2.05, 4.69) is 5.32 Å². The van der Waals surface area contributed by atoms with Gasteiger partial charge < -0.3 is 29.4 Å². The Morgan fingerprint density at radius 1 is 0.900 bits per heavy atom. The Bertz CT molecular complexity index is 215. The van der Waals surface area contributed by atoms with E-state index < -0.39 is 5.97 Å². The van der Waals surface area contributed by atoms with Crippen molar-refractivity contribution in [3.05, 3.63) is 0 Å². The number of ether oxygens (including phenoxy) is 4. The van der Waals surface area contributed by atoms with Crippen LogP contribution in [0.3, 0.4) is 0 Å². The molecule has 0 saturated heterocycles. The Labute approximate surface area is 120 Å². The maximum Gasteiger partial charge on any atom is 0.304 e. The highest BCUT2D eigenvalue weighted by Crippen LogP contribution is 1.85. The quantitative estimate of drug-likeness (QED) is 0.391. The first-order chi connectivity index (χ1) is 9.77. The first kappa shape index (κ1) is 19.3. The minimum atomic E-state index is -0.780. The average molecular weight is 293 g/mol. The van der Waals surface area contributed by atoms with Crippen LogP contribution in [0, 0.1) is 0 Å². The number of rotatable bonds is 16. The Kier molecular flexibility index (Phi) is 15.7. The van der Waals surface area contributed by atoms with Crippen LogP contribution in [0.1, 0.15) is 12.8 Å². The van der Waals surface area contributed by atoms with E-state index in [1.165, 1.54) is 0 Å². The Balaban J connectivity index is 2.94. The molecule has 0 aromatic heterocycles. The molecule has 0 aliphatic rings. The summed E-state index contributed by atoms with van der Waals surface area (Å²) < 4.78 is 20.8. The molecule has 0 aromatic carbocycles. The summed E-state index contributed by atoms with van der Waals surface area (Å²) in [6, 6.07) is 0. The topological polar surface area (TPSA) is 86.3 Å². The van der Waals surface area contributed by atoms with Gasteiger partial charge in [0.05, 0.1) is 46.1 Å². The van der Waals surface area contributed by atoms with E-state index in [0.717, 1.165) is 13.0 Å². The summed E-state index contributed by atoms with van der Waals surface area (Å²) in [5.41, 5.74) is 0. The lowest BCUT2D eigenvalue weighted by atomic mass is 10.4. The predicted octanol–water partition coefficient (Wildman–Crippen LogP) is 0.137. The van der Waals surface area contributed by atoms with E-state index in [9.17, 15) is 4.79 Å². The molecule has 0 aliphatic carbocycles. The van der Waals surface area contributed by atoms with Gasteiger partial charge >= 0.3 is 5.97 Å². The lowest BCUT2D eigenvalue weighted by molar-refractivity contribution is -0.136. The zero-order chi connectivity index (χ0) is 14.9. The van der Waals surface area contributed by atoms with Crippen molar-refractivity contribution in [1.29, 1.82) is 0 Å². The van der Waals surface area contributed by atoms with Crippen LogP contribution in [-0.2, 0) is 23.7 Å². The lowest BCUT2D eigenvalue weighted by Gasteiger charge is -2.07. The fraction of sp³-hybridized carbons (Fsp3) is 0.923. The molecule has 0 radical (unpaired) electrons. The van der Waals surface area contributed by atoms with Crippen molar-refractivity contribution in [2.75, 3.05) is 66.4 Å². The van der Waals surface area contributed by atoms with Crippen LogP contribution < -0.4 is 5.32 Å². The van der Waals surface area contributed by atoms with Crippen LogP contribution in [0.5, 0.6) is 0 Å². The van der Waals surface area contributed by atoms with Gasteiger partial charge in [-0.3, -0.25) is 4.79 Å². The minimum Gasteiger partial charge on any atom is -0.481 e. The van der Waals surface area contributed by atoms with E-state index >= 15 is 0 Å². The number of nitrogens with one attached hydrogen (secondary N) is 1. The summed E-state index contributed by atoms with van der Waals surface area (Å²) in [6.07, 6.45) is 1.01. The molecule has 20 heavy (non-hydrogen) atoms. The van der Waals surface area contributed by atoms with Crippen LogP contribution >= 0.6 is 0 Å². The van der Waals surface area contributed by atoms with Gasteiger partial charge in [0.2, 0.25) is 0 Å². The largest absolute Gasteiger partial charge is 0.481 e. The van der Waals surface area contributed by atoms with Gasteiger partial charge in [-0.15, -0.1) is 0 Å². The first-order valence-corrected chi connectivity index (χ1v) is 6.92. The number of carbonyl (C=O) groups is 1. The summed E-state index contributed by atoms with van der Waals surface area (Å²) in [4.78, 5) is 10.2. The summed E-state index contributed by atoms with van der Waals surface area (Å²) in [5, 5.41) is 11.5. The van der Waals surface area contributed by atoms with E-state index in [1.54, 1.807) is 7.11 Å². The van der Waals surface area contributed by atoms with Crippen LogP contribution in [0.25, 0.3) is 0 Å². The van der Waals surface area contributed by atoms with E-state index in [1.807, 2.05) is 0 Å². The van der Waals surface area contributed by atoms with Crippen molar-refractivity contribution in [3.8, 4) is 0 Å². The van der Waals surface area contributed by atoms with Crippen LogP contribution in [0.15, 0.2) is 0 Å². The van der Waals surface area contributed by atoms with Crippen LogP contribution in [0.2, 0.25) is 0 Å². The molecule has 0 spiro atoms. The van der Waals surface area contributed by atoms with Crippen molar-refractivity contribution in [2.45, 2.75) is 12.8 Å². The van der Waals surface area contributed by atoms with Crippen molar-refractivity contribution in [2.24, 2.45) is 0 Å². The third-order valence-electron chi connectivity index (χ3n) is 2.33. The number of hydrogen-bond donors (Lipinski definition) is 2. The SMILES string of the molecule is COCCOCCOCCOCCCNCCC(=O)O. The molecular formula is C13H27NO6. The van der Waals surface area contributed by atoms with Crippen molar-refractivity contribution in [1.82, 2.24) is 5.32 Å². The summed E-state index contributed by atoms with van der Waals surface area (Å²) in [6.45, 7) is 5.35. The highest BCUT2D eigenvalue weighted by molar-refractivity contribution is 5.66. The standard InChI is InChI=1S/C13H27NO6/c1-17-7-8-19-11-12-20-10-9-18-6-2-4-14-5-3-13(15)16/h14H,2-12H2,1H3,(H,15,16). The molecule has 0 atom stereocenters. The molecular weight excluding hydrogens is 266 g/mol. The van der Waals surface area contributed by atoms with Crippen LogP contribution in [-0.4, -0.2) is 77.5 Å². The lowest BCUT2D eigenvalue weighted by Crippen LogP contribution is -2.20. The third-order valence-corrected chi connectivity index (χ3v) is 2.33. The highest BCUT2D eigenvalue weighted by Gasteiger charge is 1.95. The molecule has 2 N–H and O–H groups in total. The Morgan fingerprint density at radius 2 is 1.45 bits per heavy atom. The van der Waals surface area contributed by atoms with Gasteiger partial charge in [-0.25, -0.2) is 0 Å². The zero-order valence-corrected chi connectivity index (χ0v) is 12.3. The number of hydrogen-bond acceptors (Lipinski definition) is 6. The van der Waals surface area contributed by atoms with Gasteiger partial charge in [-0.05, 0) is 13.0 Å². The smallest absolute Gasteiger partial charge is 0.304 e. The molecule has 0 rings (SSSR count). The molecule has 0 unspecified atom stereocenters. The van der Waals surface area contributed by atoms with Crippen molar-refractivity contribution < 1.29 is 28.8 Å². The highest BCUT2D eigenvalue weighted by atomic mass is 16.6. The molecule has 0 bridgehead atoms. The summed E-state index contributed by atoms with van der Waals surface area (Å²) >= 11 is 0. The van der Waals surface area contributed by atoms with Gasteiger partial charge in [0.25, 0.3) is 0 Å². The van der Waals surface area contributed by atoms with Gasteiger partial charge in [0, 0.05) is 20.3 Å². The van der Waals surface area contributed by atoms with E-state index in [-0.39, 0.29) is 6.42 Å². The van der Waals surface area contributed by atoms with Crippen molar-refractivity contribution in [3.63, 3.8) is 0 Å². The molecule has 0 amide bonds. The maximum absolute atomic E-state index is 10.2. The van der Waals surface area contributed by atoms with E-state index in [0.29, 0.717) is 52.8 Å². The first-order valence-electron chi connectivity index (χ1n) is 6.92. The van der Waals surface area contributed by atoms with E-state index in [4.69, 9.17) is 24.1 Å². The molecule has 0 aromatic rings. The number of aliphatic carboxylic acids is 1. The summed E-state index contributed by atoms with van der Waals surface area (Å²) in [7, 11) is 1.64. The monoisotopic (exact) mass is 293 g/mol. The number of methoxy groups -OCH3 is 1. The second-order valence-electron chi connectivity index (χ2n) is 4.08. The second-order valence-corrected chi connectivity index (χ2v) is 4.08. The van der Waals surface area contributed by atoms with Gasteiger partial charge in [0.1, 0.15) is 0 Å². The fourth-order valence-electron chi connectivity index (χ4n) is 1.30. The number of carboxylic acids is 1. The minimum absolute atomic E-state index is 0.154. The molecule has 0 heterocycles. The normalized spacial score (nSPS) is 10.8. The molecule has 0 fully saturated rings. The molecule has 7 nitrogen and oxygen atoms in total. The van der Waals surface area contributed by atoms with Gasteiger partial charge in [-0.1, -0.05) is 0 Å². The fourth-order valence-corrected chi connectivity index (χ4v) is 1.30. The van der Waals surface area contributed by atoms with Gasteiger partial charge in [-0.2, -0.15) is 0 Å². The maximum atomic E-state index is 10.2. The predicted molar refractivity (Wildman–Crippen MR) is 74.1 cm³/mol. The molecule has 120 valence electrons.